The summed E-state index contributed by atoms with van der Waals surface area (Å²) < 4.78 is 40.0. The largest absolute Gasteiger partial charge is 0.464 e. The first-order valence-corrected chi connectivity index (χ1v) is 14.3. The molecule has 0 unspecified atom stereocenters. The highest BCUT2D eigenvalue weighted by atomic mass is 32.2. The van der Waals surface area contributed by atoms with Gasteiger partial charge in [-0.15, -0.1) is 11.8 Å². The topological polar surface area (TPSA) is 140 Å². The van der Waals surface area contributed by atoms with Gasteiger partial charge < -0.3 is 14.4 Å². The molecule has 1 fully saturated rings. The van der Waals surface area contributed by atoms with Gasteiger partial charge in [-0.05, 0) is 38.5 Å². The SMILES string of the molecule is CCOC(=O)[C@H](Cc1ccc(OC(=O)N(C)C)cc1)N(C(=O)[C@H]1NC(C)(C)CS1)S(=O)(=O)c1cnn(C)c1. The number of hydrogen-bond donors (Lipinski definition) is 1. The number of ether oxygens (including phenoxy) is 2. The Balaban J connectivity index is 2.02. The third kappa shape index (κ3) is 6.85. The number of hydrogen-bond acceptors (Lipinski definition) is 10. The van der Waals surface area contributed by atoms with Crippen LogP contribution in [-0.4, -0.2) is 88.8 Å². The molecule has 0 saturated carbocycles. The maximum Gasteiger partial charge on any atom is 0.414 e. The van der Waals surface area contributed by atoms with Gasteiger partial charge >= 0.3 is 12.1 Å². The maximum absolute atomic E-state index is 13.8. The second-order valence-electron chi connectivity index (χ2n) is 9.59. The Morgan fingerprint density at radius 1 is 1.24 bits per heavy atom. The summed E-state index contributed by atoms with van der Waals surface area (Å²) in [7, 11) is 0.150. The number of carbonyl (C=O) groups excluding carboxylic acids is 3. The monoisotopic (exact) mass is 567 g/mol. The fourth-order valence-electron chi connectivity index (χ4n) is 3.67. The van der Waals surface area contributed by atoms with Crippen molar-refractivity contribution in [1.82, 2.24) is 24.3 Å². The van der Waals surface area contributed by atoms with Gasteiger partial charge in [-0.3, -0.25) is 14.8 Å². The second-order valence-corrected chi connectivity index (χ2v) is 12.5. The molecular weight excluding hydrogens is 534 g/mol. The molecule has 0 radical (unpaired) electrons. The van der Waals surface area contributed by atoms with Crippen LogP contribution in [0, 0.1) is 0 Å². The maximum atomic E-state index is 13.8. The van der Waals surface area contributed by atoms with Crippen molar-refractivity contribution in [2.45, 2.75) is 49.0 Å². The molecule has 1 aromatic carbocycles. The third-order valence-electron chi connectivity index (χ3n) is 5.58. The lowest BCUT2D eigenvalue weighted by Gasteiger charge is -2.31. The Bertz CT molecular complexity index is 1280. The molecule has 1 aliphatic rings. The van der Waals surface area contributed by atoms with Gasteiger partial charge in [0.1, 0.15) is 22.1 Å². The van der Waals surface area contributed by atoms with Crippen LogP contribution in [-0.2, 0) is 37.8 Å². The van der Waals surface area contributed by atoms with E-state index in [-0.39, 0.29) is 23.7 Å². The van der Waals surface area contributed by atoms with Crippen LogP contribution in [0.15, 0.2) is 41.6 Å². The molecule has 12 nitrogen and oxygen atoms in total. The van der Waals surface area contributed by atoms with Gasteiger partial charge in [-0.2, -0.15) is 5.10 Å². The molecule has 1 aliphatic heterocycles. The molecule has 2 aromatic rings. The van der Waals surface area contributed by atoms with E-state index in [4.69, 9.17) is 9.47 Å². The summed E-state index contributed by atoms with van der Waals surface area (Å²) in [5.74, 6) is -0.802. The average molecular weight is 568 g/mol. The van der Waals surface area contributed by atoms with E-state index in [0.717, 1.165) is 6.20 Å². The van der Waals surface area contributed by atoms with Gasteiger partial charge in [-0.1, -0.05) is 12.1 Å². The standard InChI is InChI=1S/C24H33N5O7S2/c1-7-35-22(31)19(12-16-8-10-17(11-9-16)36-23(32)27(4)5)29(21(30)20-26-24(2,3)15-37-20)38(33,34)18-13-25-28(6)14-18/h8-11,13-14,19-20,26H,7,12,15H2,1-6H3/t19-,20-/m0/s1. The molecule has 38 heavy (non-hydrogen) atoms. The van der Waals surface area contributed by atoms with Gasteiger partial charge in [-0.25, -0.2) is 22.3 Å². The Morgan fingerprint density at radius 2 is 1.89 bits per heavy atom. The van der Waals surface area contributed by atoms with E-state index in [1.54, 1.807) is 40.2 Å². The summed E-state index contributed by atoms with van der Waals surface area (Å²) in [6, 6.07) is 4.74. The first-order chi connectivity index (χ1) is 17.7. The molecule has 1 saturated heterocycles. The third-order valence-corrected chi connectivity index (χ3v) is 8.88. The number of benzene rings is 1. The summed E-state index contributed by atoms with van der Waals surface area (Å²) in [5, 5.41) is 6.19. The summed E-state index contributed by atoms with van der Waals surface area (Å²) in [4.78, 5) is 39.9. The Morgan fingerprint density at radius 3 is 2.39 bits per heavy atom. The van der Waals surface area contributed by atoms with E-state index in [9.17, 15) is 22.8 Å². The highest BCUT2D eigenvalue weighted by molar-refractivity contribution is 8.01. The molecule has 0 bridgehead atoms. The molecule has 1 N–H and O–H groups in total. The number of amides is 2. The molecule has 3 rings (SSSR count). The van der Waals surface area contributed by atoms with E-state index in [0.29, 0.717) is 15.6 Å². The van der Waals surface area contributed by atoms with Gasteiger partial charge in [0, 0.05) is 45.1 Å². The molecule has 0 aliphatic carbocycles. The van der Waals surface area contributed by atoms with Crippen molar-refractivity contribution >= 4 is 39.8 Å². The van der Waals surface area contributed by atoms with E-state index in [2.05, 4.69) is 10.4 Å². The van der Waals surface area contributed by atoms with Crippen LogP contribution in [0.25, 0.3) is 0 Å². The van der Waals surface area contributed by atoms with Gasteiger partial charge in [0.05, 0.1) is 12.8 Å². The van der Waals surface area contributed by atoms with Crippen LogP contribution in [0.2, 0.25) is 0 Å². The number of rotatable bonds is 9. The summed E-state index contributed by atoms with van der Waals surface area (Å²) in [5.41, 5.74) is 0.118. The molecule has 208 valence electrons. The lowest BCUT2D eigenvalue weighted by molar-refractivity contribution is -0.151. The van der Waals surface area contributed by atoms with Crippen molar-refractivity contribution in [2.75, 3.05) is 26.5 Å². The van der Waals surface area contributed by atoms with Crippen molar-refractivity contribution < 1.29 is 32.3 Å². The molecule has 14 heteroatoms. The summed E-state index contributed by atoms with van der Waals surface area (Å²) >= 11 is 1.27. The second kappa shape index (κ2) is 11.7. The fraction of sp³-hybridized carbons (Fsp3) is 0.500. The minimum atomic E-state index is -4.50. The Kier molecular flexibility index (Phi) is 9.10. The smallest absolute Gasteiger partial charge is 0.414 e. The lowest BCUT2D eigenvalue weighted by atomic mass is 10.1. The number of nitrogens with zero attached hydrogens (tertiary/aromatic N) is 4. The zero-order chi connectivity index (χ0) is 28.3. The first-order valence-electron chi connectivity index (χ1n) is 11.9. The minimum absolute atomic E-state index is 0.00676. The number of thioether (sulfide) groups is 1. The molecule has 2 atom stereocenters. The van der Waals surface area contributed by atoms with Gasteiger partial charge in [0.2, 0.25) is 0 Å². The van der Waals surface area contributed by atoms with E-state index < -0.39 is 44.9 Å². The first kappa shape index (κ1) is 29.5. The molecule has 2 amide bonds. The van der Waals surface area contributed by atoms with Crippen LogP contribution in [0.4, 0.5) is 4.79 Å². The number of aromatic nitrogens is 2. The van der Waals surface area contributed by atoms with E-state index in [1.165, 1.54) is 39.7 Å². The Hall–Kier alpha value is -3.10. The number of carbonyl (C=O) groups is 3. The van der Waals surface area contributed by atoms with Crippen molar-refractivity contribution in [1.29, 1.82) is 0 Å². The van der Waals surface area contributed by atoms with Crippen LogP contribution in [0.5, 0.6) is 5.75 Å². The number of sulfonamides is 1. The van der Waals surface area contributed by atoms with Crippen LogP contribution >= 0.6 is 11.8 Å². The van der Waals surface area contributed by atoms with Crippen molar-refractivity contribution in [3.63, 3.8) is 0 Å². The van der Waals surface area contributed by atoms with Crippen molar-refractivity contribution in [3.05, 3.63) is 42.2 Å². The molecular formula is C24H33N5O7S2. The summed E-state index contributed by atoms with van der Waals surface area (Å²) in [6.07, 6.45) is 1.67. The number of nitrogens with one attached hydrogen (secondary N) is 1. The lowest BCUT2D eigenvalue weighted by Crippen LogP contribution is -2.55. The van der Waals surface area contributed by atoms with Gasteiger partial charge in [0.15, 0.2) is 0 Å². The van der Waals surface area contributed by atoms with Crippen LogP contribution in [0.3, 0.4) is 0 Å². The highest BCUT2D eigenvalue weighted by Gasteiger charge is 2.46. The zero-order valence-corrected chi connectivity index (χ0v) is 23.8. The predicted octanol–water partition coefficient (Wildman–Crippen LogP) is 1.61. The molecule has 2 heterocycles. The predicted molar refractivity (Wildman–Crippen MR) is 141 cm³/mol. The molecule has 1 aromatic heterocycles. The van der Waals surface area contributed by atoms with Crippen molar-refractivity contribution in [2.24, 2.45) is 7.05 Å². The van der Waals surface area contributed by atoms with E-state index in [1.807, 2.05) is 13.8 Å². The fourth-order valence-corrected chi connectivity index (χ4v) is 6.60. The zero-order valence-electron chi connectivity index (χ0n) is 22.2. The van der Waals surface area contributed by atoms with Crippen molar-refractivity contribution in [3.8, 4) is 5.75 Å². The number of esters is 1. The number of aryl methyl sites for hydroxylation is 1. The minimum Gasteiger partial charge on any atom is -0.464 e. The Labute approximate surface area is 226 Å². The molecule has 0 spiro atoms. The average Bonchev–Trinajstić information content (AvgIpc) is 3.45. The van der Waals surface area contributed by atoms with Crippen LogP contribution < -0.4 is 10.1 Å². The van der Waals surface area contributed by atoms with Gasteiger partial charge in [0.25, 0.3) is 15.9 Å². The highest BCUT2D eigenvalue weighted by Crippen LogP contribution is 2.31. The van der Waals surface area contributed by atoms with Crippen LogP contribution in [0.1, 0.15) is 26.3 Å². The normalized spacial score (nSPS) is 17.5. The quantitative estimate of drug-likeness (QED) is 0.445. The summed E-state index contributed by atoms with van der Waals surface area (Å²) in [6.45, 7) is 5.40. The van der Waals surface area contributed by atoms with E-state index >= 15 is 0 Å².